The summed E-state index contributed by atoms with van der Waals surface area (Å²) in [7, 11) is 1.42. The molecule has 21 heavy (non-hydrogen) atoms. The fourth-order valence-corrected chi connectivity index (χ4v) is 3.94. The van der Waals surface area contributed by atoms with E-state index in [2.05, 4.69) is 5.10 Å². The molecule has 0 aliphatic heterocycles. The lowest BCUT2D eigenvalue weighted by atomic mass is 10.1. The second-order valence-corrected chi connectivity index (χ2v) is 7.80. The summed E-state index contributed by atoms with van der Waals surface area (Å²) in [5, 5.41) is 4.13. The third-order valence-electron chi connectivity index (χ3n) is 2.99. The first-order chi connectivity index (χ1) is 9.62. The van der Waals surface area contributed by atoms with Crippen LogP contribution in [0.4, 0.5) is 4.39 Å². The van der Waals surface area contributed by atoms with Gasteiger partial charge in [0, 0.05) is 10.7 Å². The molecule has 1 heterocycles. The molecule has 114 valence electrons. The zero-order chi connectivity index (χ0) is 15.9. The van der Waals surface area contributed by atoms with Crippen molar-refractivity contribution >= 4 is 31.3 Å². The Balaban J connectivity index is 2.78. The third kappa shape index (κ3) is 3.07. The topological polar surface area (TPSA) is 52.0 Å². The Kier molecular flexibility index (Phi) is 4.33. The van der Waals surface area contributed by atoms with Gasteiger partial charge in [0.1, 0.15) is 10.7 Å². The zero-order valence-electron chi connectivity index (χ0n) is 11.6. The van der Waals surface area contributed by atoms with Crippen LogP contribution in [0.3, 0.4) is 0 Å². The van der Waals surface area contributed by atoms with Gasteiger partial charge in [-0.15, -0.1) is 0 Å². The molecule has 0 radical (unpaired) electrons. The first-order valence-electron chi connectivity index (χ1n) is 6.12. The molecule has 0 spiro atoms. The summed E-state index contributed by atoms with van der Waals surface area (Å²) in [5.41, 5.74) is 1.35. The number of hydrogen-bond donors (Lipinski definition) is 0. The average Bonchev–Trinajstić information content (AvgIpc) is 2.67. The molecular formula is C13H13Cl2FN2O2S. The standard InChI is InChI=1S/C13H13Cl2FN2O2S/c1-7(2)11-12(21(15,19)20)13(14)18(17-11)10-5-4-9(16)6-8(10)3/h4-7H,1-3H3. The van der Waals surface area contributed by atoms with Crippen molar-refractivity contribution in [3.8, 4) is 5.69 Å². The van der Waals surface area contributed by atoms with Gasteiger partial charge < -0.3 is 0 Å². The molecule has 2 rings (SSSR count). The van der Waals surface area contributed by atoms with E-state index in [0.29, 0.717) is 11.3 Å². The quantitative estimate of drug-likeness (QED) is 0.785. The van der Waals surface area contributed by atoms with Crippen molar-refractivity contribution in [2.24, 2.45) is 0 Å². The Labute approximate surface area is 131 Å². The summed E-state index contributed by atoms with van der Waals surface area (Å²) in [6, 6.07) is 4.06. The molecule has 0 atom stereocenters. The van der Waals surface area contributed by atoms with Gasteiger partial charge in [-0.2, -0.15) is 5.10 Å². The van der Waals surface area contributed by atoms with Gasteiger partial charge in [-0.3, -0.25) is 0 Å². The zero-order valence-corrected chi connectivity index (χ0v) is 13.9. The van der Waals surface area contributed by atoms with E-state index in [1.54, 1.807) is 20.8 Å². The van der Waals surface area contributed by atoms with Crippen LogP contribution in [0, 0.1) is 12.7 Å². The maximum absolute atomic E-state index is 13.2. The summed E-state index contributed by atoms with van der Waals surface area (Å²) in [6.07, 6.45) is 0. The SMILES string of the molecule is Cc1cc(F)ccc1-n1nc(C(C)C)c(S(=O)(=O)Cl)c1Cl. The van der Waals surface area contributed by atoms with E-state index in [4.69, 9.17) is 22.3 Å². The third-order valence-corrected chi connectivity index (χ3v) is 4.81. The summed E-state index contributed by atoms with van der Waals surface area (Å²) >= 11 is 6.15. The molecular weight excluding hydrogens is 338 g/mol. The number of hydrogen-bond acceptors (Lipinski definition) is 3. The van der Waals surface area contributed by atoms with E-state index in [9.17, 15) is 12.8 Å². The maximum atomic E-state index is 13.2. The second-order valence-electron chi connectivity index (χ2n) is 4.94. The molecule has 4 nitrogen and oxygen atoms in total. The Morgan fingerprint density at radius 1 is 1.33 bits per heavy atom. The van der Waals surface area contributed by atoms with E-state index < -0.39 is 14.9 Å². The lowest BCUT2D eigenvalue weighted by molar-refractivity contribution is 0.607. The Hall–Kier alpha value is -1.11. The van der Waals surface area contributed by atoms with Gasteiger partial charge in [0.15, 0.2) is 5.15 Å². The van der Waals surface area contributed by atoms with Crippen LogP contribution in [-0.4, -0.2) is 18.2 Å². The van der Waals surface area contributed by atoms with Crippen LogP contribution in [0.2, 0.25) is 5.15 Å². The number of benzene rings is 1. The van der Waals surface area contributed by atoms with Crippen LogP contribution in [0.1, 0.15) is 31.0 Å². The van der Waals surface area contributed by atoms with Gasteiger partial charge in [0.25, 0.3) is 9.05 Å². The van der Waals surface area contributed by atoms with Crippen LogP contribution in [0.25, 0.3) is 5.69 Å². The minimum Gasteiger partial charge on any atom is -0.220 e. The largest absolute Gasteiger partial charge is 0.266 e. The van der Waals surface area contributed by atoms with Gasteiger partial charge in [-0.25, -0.2) is 17.5 Å². The van der Waals surface area contributed by atoms with Crippen LogP contribution in [0.5, 0.6) is 0 Å². The first-order valence-corrected chi connectivity index (χ1v) is 8.81. The molecule has 0 unspecified atom stereocenters. The summed E-state index contributed by atoms with van der Waals surface area (Å²) in [5.74, 6) is -0.582. The highest BCUT2D eigenvalue weighted by Crippen LogP contribution is 2.34. The lowest BCUT2D eigenvalue weighted by Gasteiger charge is -2.07. The average molecular weight is 351 g/mol. The number of nitrogens with zero attached hydrogens (tertiary/aromatic N) is 2. The van der Waals surface area contributed by atoms with Crippen molar-refractivity contribution in [1.82, 2.24) is 9.78 Å². The van der Waals surface area contributed by atoms with Gasteiger partial charge in [0.2, 0.25) is 0 Å². The van der Waals surface area contributed by atoms with Gasteiger partial charge in [-0.05, 0) is 36.6 Å². The second kappa shape index (κ2) is 5.59. The van der Waals surface area contributed by atoms with Crippen LogP contribution >= 0.6 is 22.3 Å². The van der Waals surface area contributed by atoms with E-state index in [-0.39, 0.29) is 21.7 Å². The number of aryl methyl sites for hydroxylation is 1. The van der Waals surface area contributed by atoms with Gasteiger partial charge in [0.05, 0.1) is 11.4 Å². The molecule has 0 N–H and O–H groups in total. The monoisotopic (exact) mass is 350 g/mol. The minimum atomic E-state index is -4.03. The molecule has 0 amide bonds. The molecule has 8 heteroatoms. The Morgan fingerprint density at radius 3 is 2.38 bits per heavy atom. The minimum absolute atomic E-state index is 0.108. The number of rotatable bonds is 3. The number of aromatic nitrogens is 2. The van der Waals surface area contributed by atoms with Crippen molar-refractivity contribution < 1.29 is 12.8 Å². The molecule has 0 aliphatic rings. The highest BCUT2D eigenvalue weighted by atomic mass is 35.7. The predicted octanol–water partition coefficient (Wildman–Crippen LogP) is 4.02. The van der Waals surface area contributed by atoms with Crippen molar-refractivity contribution in [1.29, 1.82) is 0 Å². The Bertz CT molecular complexity index is 801. The molecule has 0 saturated carbocycles. The summed E-state index contributed by atoms with van der Waals surface area (Å²) in [4.78, 5) is -0.204. The van der Waals surface area contributed by atoms with E-state index >= 15 is 0 Å². The van der Waals surface area contributed by atoms with Crippen molar-refractivity contribution in [2.45, 2.75) is 31.6 Å². The fraction of sp³-hybridized carbons (Fsp3) is 0.308. The normalized spacial score (nSPS) is 12.1. The van der Waals surface area contributed by atoms with Crippen LogP contribution in [-0.2, 0) is 9.05 Å². The molecule has 0 saturated heterocycles. The fourth-order valence-electron chi connectivity index (χ4n) is 2.02. The van der Waals surface area contributed by atoms with Crippen LogP contribution in [0.15, 0.2) is 23.1 Å². The van der Waals surface area contributed by atoms with E-state index in [1.807, 2.05) is 0 Å². The molecule has 0 bridgehead atoms. The maximum Gasteiger partial charge on any atom is 0.266 e. The smallest absolute Gasteiger partial charge is 0.220 e. The first kappa shape index (κ1) is 16.3. The summed E-state index contributed by atoms with van der Waals surface area (Å²) in [6.45, 7) is 5.25. The van der Waals surface area contributed by atoms with Crippen molar-refractivity contribution in [3.05, 3.63) is 40.4 Å². The highest BCUT2D eigenvalue weighted by molar-refractivity contribution is 8.13. The van der Waals surface area contributed by atoms with Gasteiger partial charge >= 0.3 is 0 Å². The van der Waals surface area contributed by atoms with Crippen molar-refractivity contribution in [3.63, 3.8) is 0 Å². The summed E-state index contributed by atoms with van der Waals surface area (Å²) < 4.78 is 37.9. The van der Waals surface area contributed by atoms with E-state index in [0.717, 1.165) is 0 Å². The highest BCUT2D eigenvalue weighted by Gasteiger charge is 2.28. The predicted molar refractivity (Wildman–Crippen MR) is 80.4 cm³/mol. The lowest BCUT2D eigenvalue weighted by Crippen LogP contribution is -2.01. The van der Waals surface area contributed by atoms with Crippen LogP contribution < -0.4 is 0 Å². The molecule has 1 aromatic carbocycles. The van der Waals surface area contributed by atoms with Crippen molar-refractivity contribution in [2.75, 3.05) is 0 Å². The molecule has 0 aliphatic carbocycles. The molecule has 0 fully saturated rings. The number of halogens is 3. The molecule has 2 aromatic rings. The molecule has 1 aromatic heterocycles. The Morgan fingerprint density at radius 2 is 1.95 bits per heavy atom. The van der Waals surface area contributed by atoms with E-state index in [1.165, 1.54) is 22.9 Å². The van der Waals surface area contributed by atoms with Gasteiger partial charge in [-0.1, -0.05) is 25.4 Å².